The lowest BCUT2D eigenvalue weighted by Crippen LogP contribution is -3.00. The fraction of sp³-hybridized carbons (Fsp3) is 0.895. The van der Waals surface area contributed by atoms with Crippen molar-refractivity contribution in [3.63, 3.8) is 0 Å². The number of hydrogen-bond donors (Lipinski definition) is 0. The molecular formula is C38H63BrN2O4. The molecule has 0 spiro atoms. The summed E-state index contributed by atoms with van der Waals surface area (Å²) in [7, 11) is 0. The first-order chi connectivity index (χ1) is 21.2. The molecule has 6 fully saturated rings. The summed E-state index contributed by atoms with van der Waals surface area (Å²) in [5.41, 5.74) is 0.317. The molecule has 0 bridgehead atoms. The summed E-state index contributed by atoms with van der Waals surface area (Å²) >= 11 is 0. The van der Waals surface area contributed by atoms with Crippen LogP contribution >= 0.6 is 0 Å². The van der Waals surface area contributed by atoms with E-state index >= 15 is 0 Å². The Morgan fingerprint density at radius 2 is 1.53 bits per heavy atom. The third kappa shape index (κ3) is 6.34. The van der Waals surface area contributed by atoms with Gasteiger partial charge in [-0.05, 0) is 119 Å². The molecule has 4 aliphatic carbocycles. The number of hydrogen-bond acceptors (Lipinski definition) is 5. The van der Waals surface area contributed by atoms with Crippen LogP contribution in [0.25, 0.3) is 0 Å². The van der Waals surface area contributed by atoms with E-state index in [1.54, 1.807) is 0 Å². The number of quaternary nitrogens is 1. The van der Waals surface area contributed by atoms with Gasteiger partial charge in [0.2, 0.25) is 0 Å². The van der Waals surface area contributed by atoms with Crippen molar-refractivity contribution >= 4 is 11.9 Å². The average Bonchev–Trinajstić information content (AvgIpc) is 3.34. The van der Waals surface area contributed by atoms with E-state index in [9.17, 15) is 9.59 Å². The summed E-state index contributed by atoms with van der Waals surface area (Å²) < 4.78 is 13.9. The number of ether oxygens (including phenoxy) is 2. The fourth-order valence-corrected chi connectivity index (χ4v) is 12.2. The van der Waals surface area contributed by atoms with Crippen molar-refractivity contribution in [2.24, 2.45) is 34.5 Å². The van der Waals surface area contributed by atoms with E-state index in [0.717, 1.165) is 43.4 Å². The Kier molecular flexibility index (Phi) is 11.2. The molecule has 10 atom stereocenters. The van der Waals surface area contributed by atoms with Crippen LogP contribution in [0.5, 0.6) is 0 Å². The highest BCUT2D eigenvalue weighted by molar-refractivity contribution is 5.69. The van der Waals surface area contributed by atoms with E-state index in [4.69, 9.17) is 9.47 Å². The summed E-state index contributed by atoms with van der Waals surface area (Å²) in [5, 5.41) is 0. The minimum Gasteiger partial charge on any atom is -1.00 e. The molecule has 256 valence electrons. The Hall–Kier alpha value is -0.920. The maximum absolute atomic E-state index is 13.0. The molecule has 0 aromatic carbocycles. The zero-order valence-electron chi connectivity index (χ0n) is 29.0. The zero-order chi connectivity index (χ0) is 31.1. The van der Waals surface area contributed by atoms with Crippen molar-refractivity contribution in [2.75, 3.05) is 32.7 Å². The molecule has 4 saturated carbocycles. The quantitative estimate of drug-likeness (QED) is 0.216. The molecule has 0 amide bonds. The smallest absolute Gasteiger partial charge is 0.306 e. The summed E-state index contributed by atoms with van der Waals surface area (Å²) in [6.07, 6.45) is 19.2. The number of piperidine rings is 2. The highest BCUT2D eigenvalue weighted by Gasteiger charge is 2.67. The second-order valence-corrected chi connectivity index (χ2v) is 16.5. The van der Waals surface area contributed by atoms with Gasteiger partial charge in [0.15, 0.2) is 6.10 Å². The minimum atomic E-state index is -0.0262. The van der Waals surface area contributed by atoms with E-state index in [-0.39, 0.29) is 52.0 Å². The molecule has 2 heterocycles. The molecule has 2 aliphatic heterocycles. The Morgan fingerprint density at radius 3 is 2.20 bits per heavy atom. The normalized spacial score (nSPS) is 42.7. The standard InChI is InChI=1S/C38H63N2O4.BrH/c1-6-21-40(22-13-10-14-23-40)32-25-30-28-16-15-27-24-33(43-34(41)7-2)31(39-19-11-9-12-20-39)26-38(27,5)29(28)17-18-37(30,4)36(32)44-35(42)8-3;/h6,27-33,36H,1,7-26H2,2-5H3;1H/q+1;/p-1/t27?,28-,29-,30+,31?,32?,33?,36?,37+,38+;/m1./s1. The molecule has 6 rings (SSSR count). The molecule has 6 aliphatic rings. The minimum absolute atomic E-state index is 0. The predicted octanol–water partition coefficient (Wildman–Crippen LogP) is 4.31. The third-order valence-electron chi connectivity index (χ3n) is 14.5. The van der Waals surface area contributed by atoms with Crippen LogP contribution in [0.3, 0.4) is 0 Å². The van der Waals surface area contributed by atoms with Gasteiger partial charge in [0.05, 0.1) is 19.6 Å². The first kappa shape index (κ1) is 35.4. The van der Waals surface area contributed by atoms with Crippen LogP contribution in [-0.4, -0.2) is 78.3 Å². The van der Waals surface area contributed by atoms with Crippen LogP contribution in [0.15, 0.2) is 12.7 Å². The number of carbonyl (C=O) groups excluding carboxylic acids is 2. The molecule has 45 heavy (non-hydrogen) atoms. The molecule has 0 N–H and O–H groups in total. The number of carbonyl (C=O) groups is 2. The molecule has 5 unspecified atom stereocenters. The number of nitrogens with zero attached hydrogens (tertiary/aromatic N) is 2. The Morgan fingerprint density at radius 1 is 0.867 bits per heavy atom. The highest BCUT2D eigenvalue weighted by atomic mass is 79.9. The molecule has 6 nitrogen and oxygen atoms in total. The van der Waals surface area contributed by atoms with Crippen LogP contribution in [0, 0.1) is 34.5 Å². The van der Waals surface area contributed by atoms with Crippen molar-refractivity contribution in [1.82, 2.24) is 4.90 Å². The van der Waals surface area contributed by atoms with Gasteiger partial charge >= 0.3 is 11.9 Å². The lowest BCUT2D eigenvalue weighted by atomic mass is 9.44. The molecule has 2 saturated heterocycles. The Balaban J connectivity index is 0.00000400. The monoisotopic (exact) mass is 690 g/mol. The van der Waals surface area contributed by atoms with Crippen LogP contribution in [0.4, 0.5) is 0 Å². The summed E-state index contributed by atoms with van der Waals surface area (Å²) in [4.78, 5) is 28.3. The van der Waals surface area contributed by atoms with Crippen molar-refractivity contribution in [3.8, 4) is 0 Å². The van der Waals surface area contributed by atoms with Crippen LogP contribution in [0.2, 0.25) is 0 Å². The van der Waals surface area contributed by atoms with E-state index in [2.05, 4.69) is 31.4 Å². The largest absolute Gasteiger partial charge is 1.00 e. The predicted molar refractivity (Wildman–Crippen MR) is 175 cm³/mol. The van der Waals surface area contributed by atoms with Crippen molar-refractivity contribution in [3.05, 3.63) is 12.7 Å². The zero-order valence-corrected chi connectivity index (χ0v) is 30.5. The molecule has 7 heteroatoms. The summed E-state index contributed by atoms with van der Waals surface area (Å²) in [6.45, 7) is 18.9. The molecule has 0 aromatic rings. The van der Waals surface area contributed by atoms with Crippen molar-refractivity contribution in [1.29, 1.82) is 0 Å². The second-order valence-electron chi connectivity index (χ2n) is 16.5. The van der Waals surface area contributed by atoms with E-state index in [1.165, 1.54) is 77.3 Å². The molecule has 0 radical (unpaired) electrons. The van der Waals surface area contributed by atoms with E-state index in [0.29, 0.717) is 48.6 Å². The summed E-state index contributed by atoms with van der Waals surface area (Å²) in [6, 6.07) is 0.733. The van der Waals surface area contributed by atoms with Gasteiger partial charge in [0.1, 0.15) is 12.1 Å². The molecular weight excluding hydrogens is 628 g/mol. The van der Waals surface area contributed by atoms with Gasteiger partial charge < -0.3 is 30.9 Å². The van der Waals surface area contributed by atoms with Crippen LogP contribution < -0.4 is 17.0 Å². The van der Waals surface area contributed by atoms with Gasteiger partial charge in [-0.25, -0.2) is 0 Å². The lowest BCUT2D eigenvalue weighted by molar-refractivity contribution is -0.952. The lowest BCUT2D eigenvalue weighted by Gasteiger charge is -2.62. The van der Waals surface area contributed by atoms with Crippen molar-refractivity contribution in [2.45, 2.75) is 148 Å². The number of rotatable bonds is 8. The van der Waals surface area contributed by atoms with Gasteiger partial charge in [-0.3, -0.25) is 14.5 Å². The highest BCUT2D eigenvalue weighted by Crippen LogP contribution is 2.68. The van der Waals surface area contributed by atoms with E-state index in [1.807, 2.05) is 13.8 Å². The first-order valence-electron chi connectivity index (χ1n) is 18.8. The van der Waals surface area contributed by atoms with Crippen LogP contribution in [0.1, 0.15) is 124 Å². The Bertz CT molecular complexity index is 1060. The van der Waals surface area contributed by atoms with Gasteiger partial charge in [0.25, 0.3) is 0 Å². The van der Waals surface area contributed by atoms with Gasteiger partial charge in [0, 0.05) is 30.7 Å². The topological polar surface area (TPSA) is 55.8 Å². The van der Waals surface area contributed by atoms with Gasteiger partial charge in [-0.15, -0.1) is 0 Å². The SMILES string of the molecule is C=CC[N+]1(C2C[C@H]3[C@@H]4CCC5CC(OC(=O)CC)C(N6CCCCC6)C[C@]5(C)[C@@H]4CC[C@]3(C)C2OC(=O)CC)CCCCC1.[Br-]. The maximum atomic E-state index is 13.0. The maximum Gasteiger partial charge on any atom is 0.306 e. The molecule has 0 aromatic heterocycles. The average molecular weight is 692 g/mol. The third-order valence-corrected chi connectivity index (χ3v) is 14.5. The number of likely N-dealkylation sites (tertiary alicyclic amines) is 2. The first-order valence-corrected chi connectivity index (χ1v) is 18.8. The fourth-order valence-electron chi connectivity index (χ4n) is 12.2. The number of fused-ring (bicyclic) bond motifs is 5. The summed E-state index contributed by atoms with van der Waals surface area (Å²) in [5.74, 6) is 2.57. The van der Waals surface area contributed by atoms with Crippen molar-refractivity contribution < 1.29 is 40.5 Å². The Labute approximate surface area is 284 Å². The number of halogens is 1. The number of esters is 2. The second kappa shape index (κ2) is 14.3. The van der Waals surface area contributed by atoms with Gasteiger partial charge in [-0.2, -0.15) is 0 Å². The van der Waals surface area contributed by atoms with Crippen LogP contribution in [-0.2, 0) is 19.1 Å². The van der Waals surface area contributed by atoms with E-state index < -0.39 is 0 Å². The van der Waals surface area contributed by atoms with Gasteiger partial charge in [-0.1, -0.05) is 40.7 Å².